The number of nitrogens with one attached hydrogen (secondary N) is 1. The molecule has 1 fully saturated rings. The molecule has 1 aromatic rings. The Bertz CT molecular complexity index is 347. The maximum atomic E-state index is 3.67. The third kappa shape index (κ3) is 3.34. The van der Waals surface area contributed by atoms with Gasteiger partial charge in [-0.25, -0.2) is 0 Å². The molecule has 0 radical (unpaired) electrons. The van der Waals surface area contributed by atoms with Gasteiger partial charge in [-0.2, -0.15) is 11.3 Å². The van der Waals surface area contributed by atoms with Crippen LogP contribution >= 0.6 is 11.3 Å². The SMILES string of the molecule is CC1CCCC(CNCc2ccsc2)(N(C)C)C1. The Labute approximate surface area is 115 Å². The zero-order valence-electron chi connectivity index (χ0n) is 11.9. The second-order valence-corrected chi connectivity index (χ2v) is 6.84. The summed E-state index contributed by atoms with van der Waals surface area (Å²) in [6.07, 6.45) is 5.44. The lowest BCUT2D eigenvalue weighted by Gasteiger charge is -2.45. The van der Waals surface area contributed by atoms with Crippen LogP contribution in [0.25, 0.3) is 0 Å². The fraction of sp³-hybridized carbons (Fsp3) is 0.733. The minimum Gasteiger partial charge on any atom is -0.311 e. The van der Waals surface area contributed by atoms with Crippen LogP contribution in [0.5, 0.6) is 0 Å². The summed E-state index contributed by atoms with van der Waals surface area (Å²) in [4.78, 5) is 2.45. The molecule has 2 atom stereocenters. The topological polar surface area (TPSA) is 15.3 Å². The Morgan fingerprint density at radius 1 is 1.50 bits per heavy atom. The van der Waals surface area contributed by atoms with E-state index in [0.29, 0.717) is 5.54 Å². The van der Waals surface area contributed by atoms with E-state index < -0.39 is 0 Å². The number of nitrogens with zero attached hydrogens (tertiary/aromatic N) is 1. The molecule has 1 aliphatic carbocycles. The molecule has 0 aromatic carbocycles. The minimum absolute atomic E-state index is 0.369. The summed E-state index contributed by atoms with van der Waals surface area (Å²) >= 11 is 1.78. The van der Waals surface area contributed by atoms with Gasteiger partial charge in [0, 0.05) is 18.6 Å². The zero-order valence-corrected chi connectivity index (χ0v) is 12.7. The normalized spacial score (nSPS) is 28.8. The highest BCUT2D eigenvalue weighted by Gasteiger charge is 2.36. The molecule has 2 nitrogen and oxygen atoms in total. The van der Waals surface area contributed by atoms with Gasteiger partial charge in [-0.15, -0.1) is 0 Å². The Morgan fingerprint density at radius 2 is 2.33 bits per heavy atom. The summed E-state index contributed by atoms with van der Waals surface area (Å²) in [6, 6.07) is 2.21. The van der Waals surface area contributed by atoms with E-state index in [-0.39, 0.29) is 0 Å². The van der Waals surface area contributed by atoms with Gasteiger partial charge in [-0.05, 0) is 55.2 Å². The fourth-order valence-corrected chi connectivity index (χ4v) is 3.86. The first-order valence-corrected chi connectivity index (χ1v) is 7.96. The van der Waals surface area contributed by atoms with Crippen LogP contribution in [0.2, 0.25) is 0 Å². The molecule has 2 unspecified atom stereocenters. The van der Waals surface area contributed by atoms with Crippen molar-refractivity contribution in [3.8, 4) is 0 Å². The van der Waals surface area contributed by atoms with E-state index in [9.17, 15) is 0 Å². The van der Waals surface area contributed by atoms with Gasteiger partial charge in [0.1, 0.15) is 0 Å². The van der Waals surface area contributed by atoms with Crippen LogP contribution in [-0.4, -0.2) is 31.1 Å². The molecule has 1 N–H and O–H groups in total. The summed E-state index contributed by atoms with van der Waals surface area (Å²) in [7, 11) is 4.48. The van der Waals surface area contributed by atoms with Crippen LogP contribution in [0.3, 0.4) is 0 Å². The second kappa shape index (κ2) is 6.18. The monoisotopic (exact) mass is 266 g/mol. The van der Waals surface area contributed by atoms with Gasteiger partial charge < -0.3 is 10.2 Å². The third-order valence-corrected chi connectivity index (χ3v) is 5.11. The third-order valence-electron chi connectivity index (χ3n) is 4.38. The van der Waals surface area contributed by atoms with E-state index >= 15 is 0 Å². The first-order chi connectivity index (χ1) is 8.62. The Hall–Kier alpha value is -0.380. The molecule has 0 amide bonds. The van der Waals surface area contributed by atoms with Gasteiger partial charge in [-0.1, -0.05) is 19.8 Å². The molecular formula is C15H26N2S. The van der Waals surface area contributed by atoms with E-state index in [4.69, 9.17) is 0 Å². The fourth-order valence-electron chi connectivity index (χ4n) is 3.19. The molecule has 0 saturated heterocycles. The van der Waals surface area contributed by atoms with Crippen molar-refractivity contribution in [1.29, 1.82) is 0 Å². The smallest absolute Gasteiger partial charge is 0.0330 e. The quantitative estimate of drug-likeness (QED) is 0.879. The molecule has 3 heteroatoms. The molecular weight excluding hydrogens is 240 g/mol. The predicted molar refractivity (Wildman–Crippen MR) is 80.1 cm³/mol. The molecule has 1 heterocycles. The van der Waals surface area contributed by atoms with Crippen LogP contribution in [0.15, 0.2) is 16.8 Å². The van der Waals surface area contributed by atoms with Gasteiger partial charge >= 0.3 is 0 Å². The van der Waals surface area contributed by atoms with Crippen LogP contribution < -0.4 is 5.32 Å². The molecule has 0 aliphatic heterocycles. The van der Waals surface area contributed by atoms with Crippen LogP contribution in [0.1, 0.15) is 38.2 Å². The number of rotatable bonds is 5. The Balaban J connectivity index is 1.89. The molecule has 0 spiro atoms. The summed E-state index contributed by atoms with van der Waals surface area (Å²) < 4.78 is 0. The van der Waals surface area contributed by atoms with Crippen molar-refractivity contribution in [2.45, 2.75) is 44.7 Å². The molecule has 18 heavy (non-hydrogen) atoms. The minimum atomic E-state index is 0.369. The highest BCUT2D eigenvalue weighted by Crippen LogP contribution is 2.35. The van der Waals surface area contributed by atoms with Gasteiger partial charge in [0.05, 0.1) is 0 Å². The van der Waals surface area contributed by atoms with Gasteiger partial charge in [0.15, 0.2) is 0 Å². The van der Waals surface area contributed by atoms with Gasteiger partial charge in [0.2, 0.25) is 0 Å². The van der Waals surface area contributed by atoms with Crippen molar-refractivity contribution in [3.05, 3.63) is 22.4 Å². The van der Waals surface area contributed by atoms with Crippen molar-refractivity contribution < 1.29 is 0 Å². The first kappa shape index (κ1) is 14.0. The highest BCUT2D eigenvalue weighted by molar-refractivity contribution is 7.07. The predicted octanol–water partition coefficient (Wildman–Crippen LogP) is 3.35. The molecule has 102 valence electrons. The lowest BCUT2D eigenvalue weighted by Crippen LogP contribution is -2.54. The average molecular weight is 266 g/mol. The van der Waals surface area contributed by atoms with Crippen molar-refractivity contribution >= 4 is 11.3 Å². The molecule has 2 rings (SSSR count). The summed E-state index contributed by atoms with van der Waals surface area (Å²) in [5.41, 5.74) is 1.78. The average Bonchev–Trinajstić information content (AvgIpc) is 2.82. The van der Waals surface area contributed by atoms with Crippen molar-refractivity contribution in [2.75, 3.05) is 20.6 Å². The molecule has 1 saturated carbocycles. The molecule has 0 bridgehead atoms. The van der Waals surface area contributed by atoms with Gasteiger partial charge in [0.25, 0.3) is 0 Å². The maximum absolute atomic E-state index is 3.67. The number of hydrogen-bond donors (Lipinski definition) is 1. The maximum Gasteiger partial charge on any atom is 0.0330 e. The molecule has 1 aromatic heterocycles. The molecule has 1 aliphatic rings. The zero-order chi connectivity index (χ0) is 13.0. The van der Waals surface area contributed by atoms with Gasteiger partial charge in [-0.3, -0.25) is 0 Å². The van der Waals surface area contributed by atoms with E-state index in [1.165, 1.54) is 31.2 Å². The van der Waals surface area contributed by atoms with E-state index in [1.54, 1.807) is 11.3 Å². The van der Waals surface area contributed by atoms with E-state index in [2.05, 4.69) is 48.1 Å². The lowest BCUT2D eigenvalue weighted by atomic mass is 9.75. The number of thiophene rings is 1. The van der Waals surface area contributed by atoms with Crippen molar-refractivity contribution in [3.63, 3.8) is 0 Å². The standard InChI is InChI=1S/C15H26N2S/c1-13-5-4-7-15(9-13,17(2)3)12-16-10-14-6-8-18-11-14/h6,8,11,13,16H,4-5,7,9-10,12H2,1-3H3. The van der Waals surface area contributed by atoms with Crippen LogP contribution in [0, 0.1) is 5.92 Å². The Morgan fingerprint density at radius 3 is 2.94 bits per heavy atom. The number of hydrogen-bond acceptors (Lipinski definition) is 3. The van der Waals surface area contributed by atoms with Crippen molar-refractivity contribution in [1.82, 2.24) is 10.2 Å². The highest BCUT2D eigenvalue weighted by atomic mass is 32.1. The Kier molecular flexibility index (Phi) is 4.82. The summed E-state index contributed by atoms with van der Waals surface area (Å²) in [5.74, 6) is 0.865. The lowest BCUT2D eigenvalue weighted by molar-refractivity contribution is 0.0750. The number of likely N-dealkylation sites (N-methyl/N-ethyl adjacent to an activating group) is 1. The summed E-state index contributed by atoms with van der Waals surface area (Å²) in [5, 5.41) is 8.05. The summed E-state index contributed by atoms with van der Waals surface area (Å²) in [6.45, 7) is 4.52. The van der Waals surface area contributed by atoms with E-state index in [1.807, 2.05) is 0 Å². The second-order valence-electron chi connectivity index (χ2n) is 6.06. The first-order valence-electron chi connectivity index (χ1n) is 7.02. The largest absolute Gasteiger partial charge is 0.311 e. The van der Waals surface area contributed by atoms with Crippen LogP contribution in [0.4, 0.5) is 0 Å². The van der Waals surface area contributed by atoms with Crippen LogP contribution in [-0.2, 0) is 6.54 Å². The van der Waals surface area contributed by atoms with E-state index in [0.717, 1.165) is 19.0 Å². The van der Waals surface area contributed by atoms with Crippen molar-refractivity contribution in [2.24, 2.45) is 5.92 Å².